The molecule has 1 aliphatic carbocycles. The van der Waals surface area contributed by atoms with E-state index in [0.29, 0.717) is 11.6 Å². The number of aliphatic hydroxyl groups is 1. The molecule has 0 radical (unpaired) electrons. The highest BCUT2D eigenvalue weighted by Gasteiger charge is 2.44. The van der Waals surface area contributed by atoms with Gasteiger partial charge in [-0.05, 0) is 24.5 Å². The van der Waals surface area contributed by atoms with Crippen LogP contribution >= 0.6 is 11.6 Å². The quantitative estimate of drug-likeness (QED) is 0.834. The highest BCUT2D eigenvalue weighted by molar-refractivity contribution is 6.31. The lowest BCUT2D eigenvalue weighted by atomic mass is 10.0. The molecule has 0 amide bonds. The summed E-state index contributed by atoms with van der Waals surface area (Å²) in [6.45, 7) is 0.498. The molecule has 2 rings (SSSR count). The number of methoxy groups -OCH3 is 1. The topological polar surface area (TPSA) is 29.5 Å². The lowest BCUT2D eigenvalue weighted by molar-refractivity contribution is 0.142. The molecule has 76 valence electrons. The molecule has 1 aromatic carbocycles. The Kier molecular flexibility index (Phi) is 2.52. The minimum absolute atomic E-state index is 0.498. The van der Waals surface area contributed by atoms with Crippen LogP contribution in [0.1, 0.15) is 24.0 Å². The van der Waals surface area contributed by atoms with Crippen LogP contribution in [-0.2, 0) is 16.9 Å². The van der Waals surface area contributed by atoms with Crippen LogP contribution in [0, 0.1) is 0 Å². The predicted octanol–water partition coefficient (Wildman–Crippen LogP) is 2.47. The maximum Gasteiger partial charge on any atom is 0.0916 e. The summed E-state index contributed by atoms with van der Waals surface area (Å²) in [6, 6.07) is 5.64. The van der Waals surface area contributed by atoms with Crippen molar-refractivity contribution in [3.63, 3.8) is 0 Å². The lowest BCUT2D eigenvalue weighted by Crippen LogP contribution is -2.09. The Bertz CT molecular complexity index is 345. The minimum Gasteiger partial charge on any atom is -0.385 e. The van der Waals surface area contributed by atoms with Crippen molar-refractivity contribution in [1.29, 1.82) is 0 Å². The minimum atomic E-state index is -0.688. The lowest BCUT2D eigenvalue weighted by Gasteiger charge is -2.15. The van der Waals surface area contributed by atoms with Crippen molar-refractivity contribution >= 4 is 11.6 Å². The number of hydrogen-bond donors (Lipinski definition) is 1. The Morgan fingerprint density at radius 1 is 1.50 bits per heavy atom. The third-order valence-corrected chi connectivity index (χ3v) is 2.90. The standard InChI is InChI=1S/C11H13ClO2/c1-14-7-8-3-2-4-9(12)10(8)11(13)5-6-11/h2-4,13H,5-7H2,1H3. The van der Waals surface area contributed by atoms with Crippen molar-refractivity contribution in [2.24, 2.45) is 0 Å². The Labute approximate surface area is 88.5 Å². The highest BCUT2D eigenvalue weighted by atomic mass is 35.5. The first kappa shape index (κ1) is 9.97. The van der Waals surface area contributed by atoms with Gasteiger partial charge in [-0.2, -0.15) is 0 Å². The maximum absolute atomic E-state index is 10.0. The Hall–Kier alpha value is -0.570. The summed E-state index contributed by atoms with van der Waals surface area (Å²) in [5.74, 6) is 0. The fraction of sp³-hybridized carbons (Fsp3) is 0.455. The second-order valence-corrected chi connectivity index (χ2v) is 4.15. The molecule has 14 heavy (non-hydrogen) atoms. The molecular weight excluding hydrogens is 200 g/mol. The molecule has 0 aromatic heterocycles. The van der Waals surface area contributed by atoms with Gasteiger partial charge in [0.25, 0.3) is 0 Å². The number of halogens is 1. The van der Waals surface area contributed by atoms with E-state index in [1.165, 1.54) is 0 Å². The summed E-state index contributed by atoms with van der Waals surface area (Å²) in [5.41, 5.74) is 1.15. The molecular formula is C11H13ClO2. The summed E-state index contributed by atoms with van der Waals surface area (Å²) in [7, 11) is 1.64. The first-order valence-electron chi connectivity index (χ1n) is 4.66. The highest BCUT2D eigenvalue weighted by Crippen LogP contribution is 2.49. The van der Waals surface area contributed by atoms with Crippen molar-refractivity contribution in [1.82, 2.24) is 0 Å². The third-order valence-electron chi connectivity index (χ3n) is 2.59. The van der Waals surface area contributed by atoms with Gasteiger partial charge in [0.1, 0.15) is 0 Å². The molecule has 1 aromatic rings. The van der Waals surface area contributed by atoms with Gasteiger partial charge in [0.15, 0.2) is 0 Å². The first-order chi connectivity index (χ1) is 6.67. The maximum atomic E-state index is 10.0. The van der Waals surface area contributed by atoms with E-state index in [1.54, 1.807) is 7.11 Å². The number of ether oxygens (including phenoxy) is 1. The van der Waals surface area contributed by atoms with Gasteiger partial charge < -0.3 is 9.84 Å². The van der Waals surface area contributed by atoms with E-state index in [-0.39, 0.29) is 0 Å². The van der Waals surface area contributed by atoms with E-state index in [2.05, 4.69) is 0 Å². The van der Waals surface area contributed by atoms with Crippen molar-refractivity contribution in [2.45, 2.75) is 25.0 Å². The Morgan fingerprint density at radius 2 is 2.21 bits per heavy atom. The average Bonchev–Trinajstić information content (AvgIpc) is 2.85. The van der Waals surface area contributed by atoms with Crippen molar-refractivity contribution < 1.29 is 9.84 Å². The van der Waals surface area contributed by atoms with E-state index < -0.39 is 5.60 Å². The molecule has 0 atom stereocenters. The van der Waals surface area contributed by atoms with E-state index >= 15 is 0 Å². The van der Waals surface area contributed by atoms with Crippen molar-refractivity contribution in [2.75, 3.05) is 7.11 Å². The van der Waals surface area contributed by atoms with Gasteiger partial charge in [0.05, 0.1) is 12.2 Å². The van der Waals surface area contributed by atoms with Gasteiger partial charge in [0, 0.05) is 17.7 Å². The van der Waals surface area contributed by atoms with Gasteiger partial charge in [-0.15, -0.1) is 0 Å². The molecule has 0 unspecified atom stereocenters. The van der Waals surface area contributed by atoms with E-state index in [9.17, 15) is 5.11 Å². The zero-order valence-electron chi connectivity index (χ0n) is 8.09. The summed E-state index contributed by atoms with van der Waals surface area (Å²) in [4.78, 5) is 0. The van der Waals surface area contributed by atoms with E-state index in [4.69, 9.17) is 16.3 Å². The number of rotatable bonds is 3. The zero-order valence-corrected chi connectivity index (χ0v) is 8.84. The molecule has 0 spiro atoms. The second-order valence-electron chi connectivity index (χ2n) is 3.74. The fourth-order valence-corrected chi connectivity index (χ4v) is 2.10. The van der Waals surface area contributed by atoms with Gasteiger partial charge in [0.2, 0.25) is 0 Å². The molecule has 1 saturated carbocycles. The molecule has 1 fully saturated rings. The van der Waals surface area contributed by atoms with Gasteiger partial charge in [-0.3, -0.25) is 0 Å². The van der Waals surface area contributed by atoms with Crippen LogP contribution < -0.4 is 0 Å². The zero-order chi connectivity index (χ0) is 10.2. The normalized spacial score (nSPS) is 18.2. The molecule has 0 aliphatic heterocycles. The molecule has 1 aliphatic rings. The van der Waals surface area contributed by atoms with Gasteiger partial charge >= 0.3 is 0 Å². The summed E-state index contributed by atoms with van der Waals surface area (Å²) >= 11 is 6.07. The van der Waals surface area contributed by atoms with Crippen LogP contribution in [0.2, 0.25) is 5.02 Å². The smallest absolute Gasteiger partial charge is 0.0916 e. The Balaban J connectivity index is 2.43. The predicted molar refractivity (Wildman–Crippen MR) is 55.3 cm³/mol. The summed E-state index contributed by atoms with van der Waals surface area (Å²) in [5, 5.41) is 10.7. The average molecular weight is 213 g/mol. The Morgan fingerprint density at radius 3 is 2.79 bits per heavy atom. The molecule has 2 nitrogen and oxygen atoms in total. The van der Waals surface area contributed by atoms with Crippen LogP contribution in [0.4, 0.5) is 0 Å². The van der Waals surface area contributed by atoms with E-state index in [0.717, 1.165) is 24.0 Å². The van der Waals surface area contributed by atoms with Gasteiger partial charge in [-0.25, -0.2) is 0 Å². The largest absolute Gasteiger partial charge is 0.385 e. The van der Waals surface area contributed by atoms with Crippen LogP contribution in [0.5, 0.6) is 0 Å². The summed E-state index contributed by atoms with van der Waals surface area (Å²) < 4.78 is 5.08. The molecule has 1 N–H and O–H groups in total. The van der Waals surface area contributed by atoms with Crippen LogP contribution in [0.25, 0.3) is 0 Å². The monoisotopic (exact) mass is 212 g/mol. The van der Waals surface area contributed by atoms with Gasteiger partial charge in [-0.1, -0.05) is 23.7 Å². The van der Waals surface area contributed by atoms with Crippen LogP contribution in [0.3, 0.4) is 0 Å². The fourth-order valence-electron chi connectivity index (χ4n) is 1.73. The van der Waals surface area contributed by atoms with Crippen molar-refractivity contribution in [3.05, 3.63) is 34.3 Å². The molecule has 0 bridgehead atoms. The summed E-state index contributed by atoms with van der Waals surface area (Å²) in [6.07, 6.45) is 1.60. The SMILES string of the molecule is COCc1cccc(Cl)c1C1(O)CC1. The second kappa shape index (κ2) is 3.54. The van der Waals surface area contributed by atoms with Crippen molar-refractivity contribution in [3.8, 4) is 0 Å². The first-order valence-corrected chi connectivity index (χ1v) is 5.04. The third kappa shape index (κ3) is 1.65. The van der Waals surface area contributed by atoms with Crippen LogP contribution in [-0.4, -0.2) is 12.2 Å². The number of benzene rings is 1. The van der Waals surface area contributed by atoms with Crippen LogP contribution in [0.15, 0.2) is 18.2 Å². The molecule has 0 heterocycles. The molecule has 0 saturated heterocycles. The number of hydrogen-bond acceptors (Lipinski definition) is 2. The molecule has 3 heteroatoms. The van der Waals surface area contributed by atoms with E-state index in [1.807, 2.05) is 18.2 Å².